The van der Waals surface area contributed by atoms with Crippen LogP contribution in [0.2, 0.25) is 0 Å². The molecule has 1 aliphatic rings. The number of non-ortho nitro benzene ring substituents is 2. The molecule has 41 heavy (non-hydrogen) atoms. The van der Waals surface area contributed by atoms with Crippen LogP contribution in [0, 0.1) is 20.2 Å². The Hall–Kier alpha value is -4.78. The third kappa shape index (κ3) is 7.66. The largest absolute Gasteiger partial charge is 0.508 e. The molecule has 1 heterocycles. The van der Waals surface area contributed by atoms with Crippen molar-refractivity contribution in [1.82, 2.24) is 0 Å². The number of halogens is 2. The molecule has 1 aliphatic heterocycles. The molecular weight excluding hydrogens is 593 g/mol. The van der Waals surface area contributed by atoms with Crippen molar-refractivity contribution in [3.8, 4) is 5.75 Å². The monoisotopic (exact) mass is 609 g/mol. The quantitative estimate of drug-likeness (QED) is 0.124. The number of phenols is 1. The van der Waals surface area contributed by atoms with Crippen LogP contribution in [0.15, 0.2) is 104 Å². The van der Waals surface area contributed by atoms with E-state index in [0.717, 1.165) is 11.8 Å². The summed E-state index contributed by atoms with van der Waals surface area (Å²) in [4.78, 5) is 35.5. The van der Waals surface area contributed by atoms with Crippen LogP contribution in [-0.2, 0) is 4.79 Å². The number of thioether (sulfide) groups is 1. The van der Waals surface area contributed by atoms with Crippen molar-refractivity contribution in [3.05, 3.63) is 125 Å². The van der Waals surface area contributed by atoms with Gasteiger partial charge in [0.25, 0.3) is 17.3 Å². The summed E-state index contributed by atoms with van der Waals surface area (Å²) in [7, 11) is 0. The first-order chi connectivity index (χ1) is 19.6. The highest BCUT2D eigenvalue weighted by Crippen LogP contribution is 2.36. The van der Waals surface area contributed by atoms with E-state index in [9.17, 15) is 30.1 Å². The molecule has 0 bridgehead atoms. The van der Waals surface area contributed by atoms with Crippen LogP contribution in [0.3, 0.4) is 0 Å². The van der Waals surface area contributed by atoms with Gasteiger partial charge in [-0.05, 0) is 89.6 Å². The number of amides is 1. The average Bonchev–Trinajstić information content (AvgIpc) is 3.23. The van der Waals surface area contributed by atoms with Crippen molar-refractivity contribution in [2.75, 3.05) is 4.90 Å². The number of carbonyl (C=O) groups excluding carboxylic acids is 1. The fraction of sp³-hybridized carbons (Fsp3) is 0. The molecule has 0 saturated carbocycles. The second-order valence-corrected chi connectivity index (χ2v) is 10.0. The molecule has 206 valence electrons. The molecule has 1 saturated heterocycles. The first-order valence-electron chi connectivity index (χ1n) is 11.5. The van der Waals surface area contributed by atoms with E-state index in [4.69, 9.17) is 23.2 Å². The number of phenolic OH excluding ortho intramolecular Hbond substituents is 1. The van der Waals surface area contributed by atoms with Crippen LogP contribution in [0.25, 0.3) is 12.2 Å². The summed E-state index contributed by atoms with van der Waals surface area (Å²) in [5, 5.41) is 40.0. The number of rotatable bonds is 8. The van der Waals surface area contributed by atoms with Gasteiger partial charge in [-0.15, -0.1) is 5.10 Å². The lowest BCUT2D eigenvalue weighted by atomic mass is 10.2. The maximum Gasteiger partial charge on any atom is 0.271 e. The van der Waals surface area contributed by atoms with Gasteiger partial charge in [-0.2, -0.15) is 5.10 Å². The van der Waals surface area contributed by atoms with Crippen molar-refractivity contribution >= 4 is 81.5 Å². The number of nitro benzene ring substituents is 2. The lowest BCUT2D eigenvalue weighted by Gasteiger charge is -2.14. The van der Waals surface area contributed by atoms with Crippen LogP contribution < -0.4 is 4.90 Å². The Kier molecular flexibility index (Phi) is 9.30. The number of nitro groups is 2. The molecule has 1 N–H and O–H groups in total. The highest BCUT2D eigenvalue weighted by Gasteiger charge is 2.35. The lowest BCUT2D eigenvalue weighted by Crippen LogP contribution is -2.28. The van der Waals surface area contributed by atoms with Crippen LogP contribution in [0.5, 0.6) is 5.75 Å². The zero-order valence-electron chi connectivity index (χ0n) is 20.6. The summed E-state index contributed by atoms with van der Waals surface area (Å²) in [6.07, 6.45) is 5.77. The second-order valence-electron chi connectivity index (χ2n) is 8.15. The van der Waals surface area contributed by atoms with Crippen LogP contribution >= 0.6 is 35.0 Å². The molecular formula is C27H17Cl2N5O6S. The van der Waals surface area contributed by atoms with E-state index >= 15 is 0 Å². The number of hydrogen-bond donors (Lipinski definition) is 1. The minimum atomic E-state index is -0.509. The van der Waals surface area contributed by atoms with Gasteiger partial charge in [-0.25, -0.2) is 0 Å². The van der Waals surface area contributed by atoms with Gasteiger partial charge in [0.2, 0.25) is 5.17 Å². The molecule has 0 atom stereocenters. The molecule has 1 amide bonds. The summed E-state index contributed by atoms with van der Waals surface area (Å²) in [6.45, 7) is 0. The predicted molar refractivity (Wildman–Crippen MR) is 161 cm³/mol. The fourth-order valence-corrected chi connectivity index (χ4v) is 4.81. The number of allylic oxidation sites excluding steroid dienone is 3. The number of aromatic hydroxyl groups is 1. The standard InChI is InChI=1S/C27H17Cl2N5O6S/c28-19(13-17-1-5-22(6-2-17)33(37)38)15-25-26(36)32(21-9-11-24(35)12-10-21)27(41-25)31-30-16-20(29)14-18-3-7-23(8-4-18)34(39)40/h1-16,35H/b19-13+,20-14-,25-15-,30-16-,31-27+. The Morgan fingerprint density at radius 2 is 1.34 bits per heavy atom. The minimum absolute atomic E-state index is 0.0116. The molecule has 0 radical (unpaired) electrons. The lowest BCUT2D eigenvalue weighted by molar-refractivity contribution is -0.385. The molecule has 1 fully saturated rings. The number of benzene rings is 3. The third-order valence-corrected chi connectivity index (χ3v) is 6.71. The molecule has 0 aliphatic carbocycles. The maximum absolute atomic E-state index is 13.3. The second kappa shape index (κ2) is 13.0. The van der Waals surface area contributed by atoms with Gasteiger partial charge in [-0.1, -0.05) is 23.2 Å². The topological polar surface area (TPSA) is 152 Å². The number of anilines is 1. The van der Waals surface area contributed by atoms with E-state index in [1.165, 1.54) is 96.1 Å². The summed E-state index contributed by atoms with van der Waals surface area (Å²) in [5.41, 5.74) is 1.50. The molecule has 3 aromatic carbocycles. The van der Waals surface area contributed by atoms with Crippen molar-refractivity contribution in [1.29, 1.82) is 0 Å². The van der Waals surface area contributed by atoms with E-state index in [2.05, 4.69) is 10.2 Å². The summed E-state index contributed by atoms with van der Waals surface area (Å²) < 4.78 is 0. The van der Waals surface area contributed by atoms with E-state index < -0.39 is 15.8 Å². The van der Waals surface area contributed by atoms with Crippen LogP contribution in [-0.4, -0.2) is 32.2 Å². The SMILES string of the molecule is O=C1/C(=C/C(Cl)=C\c2ccc([N+](=O)[O-])cc2)S/C(=N/N=C\C(Cl)=C\c2ccc([N+](=O)[O-])cc2)N1c1ccc(O)cc1. The van der Waals surface area contributed by atoms with E-state index in [-0.39, 0.29) is 37.3 Å². The van der Waals surface area contributed by atoms with Gasteiger partial charge in [-0.3, -0.25) is 29.9 Å². The first kappa shape index (κ1) is 29.2. The normalized spacial score (nSPS) is 16.2. The van der Waals surface area contributed by atoms with E-state index in [0.29, 0.717) is 16.8 Å². The highest BCUT2D eigenvalue weighted by molar-refractivity contribution is 8.19. The van der Waals surface area contributed by atoms with Crippen LogP contribution in [0.4, 0.5) is 17.1 Å². The maximum atomic E-state index is 13.3. The number of hydrogen-bond acceptors (Lipinski definition) is 9. The van der Waals surface area contributed by atoms with Gasteiger partial charge >= 0.3 is 0 Å². The Bertz CT molecular complexity index is 1650. The highest BCUT2D eigenvalue weighted by atomic mass is 35.5. The zero-order chi connectivity index (χ0) is 29.5. The van der Waals surface area contributed by atoms with Gasteiger partial charge < -0.3 is 5.11 Å². The molecule has 0 aromatic heterocycles. The third-order valence-electron chi connectivity index (χ3n) is 5.32. The minimum Gasteiger partial charge on any atom is -0.508 e. The Labute approximate surface area is 246 Å². The number of carbonyl (C=O) groups is 1. The Morgan fingerprint density at radius 1 is 0.829 bits per heavy atom. The van der Waals surface area contributed by atoms with Gasteiger partial charge in [0.15, 0.2) is 0 Å². The van der Waals surface area contributed by atoms with Gasteiger partial charge in [0, 0.05) is 29.3 Å². The van der Waals surface area contributed by atoms with E-state index in [1.807, 2.05) is 0 Å². The summed E-state index contributed by atoms with van der Waals surface area (Å²) >= 11 is 13.6. The summed E-state index contributed by atoms with van der Waals surface area (Å²) in [6, 6.07) is 17.4. The van der Waals surface area contributed by atoms with Gasteiger partial charge in [0.1, 0.15) is 5.75 Å². The molecule has 0 spiro atoms. The Balaban J connectivity index is 1.59. The zero-order valence-corrected chi connectivity index (χ0v) is 23.0. The fourth-order valence-electron chi connectivity index (χ4n) is 3.41. The van der Waals surface area contributed by atoms with Crippen molar-refractivity contribution < 1.29 is 19.7 Å². The van der Waals surface area contributed by atoms with E-state index in [1.54, 1.807) is 6.08 Å². The smallest absolute Gasteiger partial charge is 0.271 e. The Morgan fingerprint density at radius 3 is 1.85 bits per heavy atom. The predicted octanol–water partition coefficient (Wildman–Crippen LogP) is 7.07. The molecule has 0 unspecified atom stereocenters. The number of nitrogens with zero attached hydrogens (tertiary/aromatic N) is 5. The average molecular weight is 610 g/mol. The van der Waals surface area contributed by atoms with Crippen molar-refractivity contribution in [2.45, 2.75) is 0 Å². The van der Waals surface area contributed by atoms with Crippen molar-refractivity contribution in [2.24, 2.45) is 10.2 Å². The summed E-state index contributed by atoms with van der Waals surface area (Å²) in [5.74, 6) is -0.435. The first-order valence-corrected chi connectivity index (χ1v) is 13.1. The van der Waals surface area contributed by atoms with Crippen LogP contribution in [0.1, 0.15) is 11.1 Å². The molecule has 11 nitrogen and oxygen atoms in total. The molecule has 4 rings (SSSR count). The van der Waals surface area contributed by atoms with Gasteiger partial charge in [0.05, 0.1) is 31.7 Å². The molecule has 3 aromatic rings. The number of amidine groups is 1. The van der Waals surface area contributed by atoms with Crippen molar-refractivity contribution in [3.63, 3.8) is 0 Å². The molecule has 14 heteroatoms.